The zero-order valence-corrected chi connectivity index (χ0v) is 20.9. The molecule has 3 aromatic carbocycles. The molecule has 1 aromatic heterocycles. The van der Waals surface area contributed by atoms with Crippen LogP contribution in [0.1, 0.15) is 40.0 Å². The van der Waals surface area contributed by atoms with E-state index in [9.17, 15) is 18.0 Å². The minimum Gasteiger partial charge on any atom is -0.493 e. The Labute approximate surface area is 217 Å². The van der Waals surface area contributed by atoms with E-state index in [-0.39, 0.29) is 5.56 Å². The highest BCUT2D eigenvalue weighted by Crippen LogP contribution is 2.38. The Morgan fingerprint density at radius 1 is 0.895 bits per heavy atom. The van der Waals surface area contributed by atoms with Crippen molar-refractivity contribution in [1.29, 1.82) is 0 Å². The van der Waals surface area contributed by atoms with Gasteiger partial charge in [0.1, 0.15) is 0 Å². The lowest BCUT2D eigenvalue weighted by Crippen LogP contribution is -2.14. The van der Waals surface area contributed by atoms with Gasteiger partial charge in [0, 0.05) is 34.1 Å². The lowest BCUT2D eigenvalue weighted by molar-refractivity contribution is -0.137. The van der Waals surface area contributed by atoms with Crippen LogP contribution < -0.4 is 20.1 Å². The number of pyridine rings is 1. The van der Waals surface area contributed by atoms with E-state index < -0.39 is 17.6 Å². The summed E-state index contributed by atoms with van der Waals surface area (Å²) in [7, 11) is 3.15. The second kappa shape index (κ2) is 10.2. The second-order valence-electron chi connectivity index (χ2n) is 9.08. The second-order valence-corrected chi connectivity index (χ2v) is 9.08. The molecule has 1 aliphatic carbocycles. The number of amides is 1. The summed E-state index contributed by atoms with van der Waals surface area (Å²) < 4.78 is 50.2. The fourth-order valence-corrected chi connectivity index (χ4v) is 4.74. The normalized spacial score (nSPS) is 13.1. The van der Waals surface area contributed by atoms with Crippen molar-refractivity contribution in [3.05, 3.63) is 83.0 Å². The lowest BCUT2D eigenvalue weighted by Gasteiger charge is -2.22. The number of rotatable bonds is 6. The van der Waals surface area contributed by atoms with Crippen molar-refractivity contribution in [1.82, 2.24) is 4.98 Å². The predicted molar refractivity (Wildman–Crippen MR) is 141 cm³/mol. The number of aryl methyl sites for hydroxylation is 1. The molecule has 1 aliphatic rings. The molecule has 0 atom stereocenters. The van der Waals surface area contributed by atoms with Gasteiger partial charge in [-0.15, -0.1) is 0 Å². The first-order valence-electron chi connectivity index (χ1n) is 12.2. The zero-order chi connectivity index (χ0) is 26.9. The molecule has 6 nitrogen and oxygen atoms in total. The van der Waals surface area contributed by atoms with Gasteiger partial charge < -0.3 is 20.1 Å². The third-order valence-electron chi connectivity index (χ3n) is 6.62. The third-order valence-corrected chi connectivity index (χ3v) is 6.62. The molecular weight excluding hydrogens is 495 g/mol. The fourth-order valence-electron chi connectivity index (χ4n) is 4.74. The zero-order valence-electron chi connectivity index (χ0n) is 20.9. The molecule has 2 N–H and O–H groups in total. The highest BCUT2D eigenvalue weighted by atomic mass is 19.4. The molecule has 1 amide bonds. The smallest absolute Gasteiger partial charge is 0.416 e. The summed E-state index contributed by atoms with van der Waals surface area (Å²) >= 11 is 0. The van der Waals surface area contributed by atoms with E-state index in [0.29, 0.717) is 17.2 Å². The number of nitrogens with zero attached hydrogens (tertiary/aromatic N) is 1. The SMILES string of the molecule is COc1ccc(Nc2c3c(nc4ccc(NC(=O)c5cccc(C(F)(F)F)c5)cc24)CCCC3)cc1OC. The van der Waals surface area contributed by atoms with Gasteiger partial charge >= 0.3 is 6.18 Å². The number of carbonyl (C=O) groups is 1. The molecule has 38 heavy (non-hydrogen) atoms. The quantitative estimate of drug-likeness (QED) is 0.282. The molecule has 0 fully saturated rings. The summed E-state index contributed by atoms with van der Waals surface area (Å²) in [4.78, 5) is 17.7. The number of hydrogen-bond donors (Lipinski definition) is 2. The summed E-state index contributed by atoms with van der Waals surface area (Å²) in [6, 6.07) is 15.2. The topological polar surface area (TPSA) is 72.5 Å². The first kappa shape index (κ1) is 25.4. The highest BCUT2D eigenvalue weighted by Gasteiger charge is 2.31. The molecule has 196 valence electrons. The minimum absolute atomic E-state index is 0.0767. The van der Waals surface area contributed by atoms with Gasteiger partial charge in [0.15, 0.2) is 11.5 Å². The van der Waals surface area contributed by atoms with Crippen LogP contribution in [0.4, 0.5) is 30.2 Å². The molecular formula is C29H26F3N3O3. The molecule has 0 aliphatic heterocycles. The number of fused-ring (bicyclic) bond motifs is 2. The molecule has 0 unspecified atom stereocenters. The number of nitrogens with one attached hydrogen (secondary N) is 2. The van der Waals surface area contributed by atoms with Crippen molar-refractivity contribution >= 4 is 33.9 Å². The van der Waals surface area contributed by atoms with Gasteiger partial charge in [-0.2, -0.15) is 13.2 Å². The van der Waals surface area contributed by atoms with Crippen LogP contribution in [0, 0.1) is 0 Å². The van der Waals surface area contributed by atoms with Crippen LogP contribution in [0.25, 0.3) is 10.9 Å². The summed E-state index contributed by atoms with van der Waals surface area (Å²) in [6.07, 6.45) is -0.706. The number of methoxy groups -OCH3 is 2. The van der Waals surface area contributed by atoms with E-state index in [1.54, 1.807) is 26.4 Å². The maximum absolute atomic E-state index is 13.1. The van der Waals surface area contributed by atoms with Crippen molar-refractivity contribution in [3.63, 3.8) is 0 Å². The first-order chi connectivity index (χ1) is 18.3. The Balaban J connectivity index is 1.53. The fraction of sp³-hybridized carbons (Fsp3) is 0.241. The van der Waals surface area contributed by atoms with Crippen LogP contribution in [0.5, 0.6) is 11.5 Å². The van der Waals surface area contributed by atoms with Crippen molar-refractivity contribution in [2.45, 2.75) is 31.9 Å². The third kappa shape index (κ3) is 5.09. The van der Waals surface area contributed by atoms with E-state index >= 15 is 0 Å². The predicted octanol–water partition coefficient (Wildman–Crippen LogP) is 7.15. The number of alkyl halides is 3. The Morgan fingerprint density at radius 3 is 2.42 bits per heavy atom. The highest BCUT2D eigenvalue weighted by molar-refractivity contribution is 6.06. The first-order valence-corrected chi connectivity index (χ1v) is 12.2. The molecule has 1 heterocycles. The summed E-state index contributed by atoms with van der Waals surface area (Å²) in [5.74, 6) is 0.564. The number of anilines is 3. The molecule has 0 saturated heterocycles. The number of ether oxygens (including phenoxy) is 2. The Kier molecular flexibility index (Phi) is 6.84. The van der Waals surface area contributed by atoms with Gasteiger partial charge in [0.25, 0.3) is 5.91 Å². The average Bonchev–Trinajstić information content (AvgIpc) is 2.92. The molecule has 0 saturated carbocycles. The summed E-state index contributed by atoms with van der Waals surface area (Å²) in [6.45, 7) is 0. The molecule has 4 aromatic rings. The van der Waals surface area contributed by atoms with Gasteiger partial charge in [-0.3, -0.25) is 9.78 Å². The van der Waals surface area contributed by atoms with Crippen molar-refractivity contribution < 1.29 is 27.4 Å². The lowest BCUT2D eigenvalue weighted by atomic mass is 9.92. The van der Waals surface area contributed by atoms with Crippen LogP contribution in [0.15, 0.2) is 60.7 Å². The van der Waals surface area contributed by atoms with Crippen molar-refractivity contribution in [3.8, 4) is 11.5 Å². The standard InChI is InChI=1S/C29H26F3N3O3/c1-37-25-13-11-20(16-26(25)38-2)33-27-21-8-3-4-9-23(21)35-24-12-10-19(15-22(24)27)34-28(36)17-6-5-7-18(14-17)29(30,31)32/h5-7,10-16H,3-4,8-9H2,1-2H3,(H,33,35)(H,34,36). The van der Waals surface area contributed by atoms with E-state index in [1.165, 1.54) is 12.1 Å². The maximum atomic E-state index is 13.1. The number of aromatic nitrogens is 1. The monoisotopic (exact) mass is 521 g/mol. The summed E-state index contributed by atoms with van der Waals surface area (Å²) in [5.41, 5.74) is 4.08. The minimum atomic E-state index is -4.53. The van der Waals surface area contributed by atoms with E-state index in [2.05, 4.69) is 10.6 Å². The molecule has 9 heteroatoms. The Morgan fingerprint density at radius 2 is 1.66 bits per heavy atom. The Bertz CT molecular complexity index is 1520. The van der Waals surface area contributed by atoms with Gasteiger partial charge in [-0.25, -0.2) is 0 Å². The average molecular weight is 522 g/mol. The van der Waals surface area contributed by atoms with E-state index in [1.807, 2.05) is 24.3 Å². The van der Waals surface area contributed by atoms with Crippen LogP contribution in [0.3, 0.4) is 0 Å². The van der Waals surface area contributed by atoms with Gasteiger partial charge in [0.05, 0.1) is 31.0 Å². The van der Waals surface area contributed by atoms with E-state index in [0.717, 1.165) is 71.4 Å². The summed E-state index contributed by atoms with van der Waals surface area (Å²) in [5, 5.41) is 7.05. The number of halogens is 3. The van der Waals surface area contributed by atoms with Crippen molar-refractivity contribution in [2.24, 2.45) is 0 Å². The molecule has 0 spiro atoms. The van der Waals surface area contributed by atoms with Crippen LogP contribution in [-0.2, 0) is 19.0 Å². The molecule has 5 rings (SSSR count). The maximum Gasteiger partial charge on any atom is 0.416 e. The van der Waals surface area contributed by atoms with Gasteiger partial charge in [-0.05, 0) is 79.8 Å². The van der Waals surface area contributed by atoms with Gasteiger partial charge in [0.2, 0.25) is 0 Å². The van der Waals surface area contributed by atoms with Crippen molar-refractivity contribution in [2.75, 3.05) is 24.9 Å². The number of hydrogen-bond acceptors (Lipinski definition) is 5. The van der Waals surface area contributed by atoms with Gasteiger partial charge in [-0.1, -0.05) is 6.07 Å². The number of benzene rings is 3. The molecule has 0 radical (unpaired) electrons. The number of carbonyl (C=O) groups excluding carboxylic acids is 1. The Hall–Kier alpha value is -4.27. The molecule has 0 bridgehead atoms. The van der Waals surface area contributed by atoms with Crippen LogP contribution in [0.2, 0.25) is 0 Å². The van der Waals surface area contributed by atoms with Crippen LogP contribution in [-0.4, -0.2) is 25.1 Å². The largest absolute Gasteiger partial charge is 0.493 e. The van der Waals surface area contributed by atoms with Crippen LogP contribution >= 0.6 is 0 Å². The van der Waals surface area contributed by atoms with E-state index in [4.69, 9.17) is 14.5 Å².